The Labute approximate surface area is 82.5 Å². The fourth-order valence-electron chi connectivity index (χ4n) is 1.45. The lowest BCUT2D eigenvalue weighted by Crippen LogP contribution is -1.97. The molecule has 1 aliphatic heterocycles. The molecule has 3 heteroatoms. The summed E-state index contributed by atoms with van der Waals surface area (Å²) in [5.41, 5.74) is 1.03. The van der Waals surface area contributed by atoms with E-state index in [1.807, 2.05) is 25.2 Å². The number of allylic oxidation sites excluding steroid dienone is 3. The Bertz CT molecular complexity index is 315. The van der Waals surface area contributed by atoms with Gasteiger partial charge in [-0.1, -0.05) is 17.7 Å². The molecule has 0 aromatic carbocycles. The quantitative estimate of drug-likeness (QED) is 0.604. The molecule has 2 unspecified atom stereocenters. The highest BCUT2D eigenvalue weighted by atomic mass is 35.5. The van der Waals surface area contributed by atoms with Crippen molar-refractivity contribution in [2.75, 3.05) is 7.11 Å². The van der Waals surface area contributed by atoms with Crippen LogP contribution in [0.2, 0.25) is 0 Å². The van der Waals surface area contributed by atoms with E-state index >= 15 is 0 Å². The first-order valence-corrected chi connectivity index (χ1v) is 4.56. The number of ether oxygens (including phenoxy) is 2. The fraction of sp³-hybridized carbons (Fsp3) is 0.400. The van der Waals surface area contributed by atoms with Gasteiger partial charge in [-0.2, -0.15) is 0 Å². The van der Waals surface area contributed by atoms with E-state index in [0.29, 0.717) is 5.03 Å². The molecular weight excluding hydrogens is 188 g/mol. The first-order valence-electron chi connectivity index (χ1n) is 4.18. The molecular formula is C10H11ClO2. The largest absolute Gasteiger partial charge is 0.495 e. The number of fused-ring (bicyclic) bond motifs is 1. The van der Waals surface area contributed by atoms with Crippen molar-refractivity contribution in [3.63, 3.8) is 0 Å². The zero-order chi connectivity index (χ0) is 9.42. The highest BCUT2D eigenvalue weighted by molar-refractivity contribution is 6.31. The third-order valence-electron chi connectivity index (χ3n) is 2.19. The van der Waals surface area contributed by atoms with Crippen LogP contribution in [0.5, 0.6) is 0 Å². The molecule has 13 heavy (non-hydrogen) atoms. The number of epoxide rings is 1. The Morgan fingerprint density at radius 1 is 1.46 bits per heavy atom. The molecule has 1 heterocycles. The summed E-state index contributed by atoms with van der Waals surface area (Å²) in [5.74, 6) is 0.729. The molecule has 0 aromatic heterocycles. The van der Waals surface area contributed by atoms with Gasteiger partial charge in [-0.15, -0.1) is 0 Å². The van der Waals surface area contributed by atoms with Gasteiger partial charge in [0.25, 0.3) is 0 Å². The van der Waals surface area contributed by atoms with Crippen molar-refractivity contribution >= 4 is 11.6 Å². The van der Waals surface area contributed by atoms with Crippen LogP contribution in [0.15, 0.2) is 34.6 Å². The molecule has 0 spiro atoms. The van der Waals surface area contributed by atoms with E-state index in [-0.39, 0.29) is 12.2 Å². The number of halogens is 1. The average Bonchev–Trinajstić information content (AvgIpc) is 2.79. The lowest BCUT2D eigenvalue weighted by molar-refractivity contribution is 0.299. The van der Waals surface area contributed by atoms with Gasteiger partial charge in [0.2, 0.25) is 0 Å². The van der Waals surface area contributed by atoms with Gasteiger partial charge in [-0.05, 0) is 24.6 Å². The highest BCUT2D eigenvalue weighted by Crippen LogP contribution is 2.32. The van der Waals surface area contributed by atoms with Crippen LogP contribution in [0.1, 0.15) is 6.92 Å². The highest BCUT2D eigenvalue weighted by Gasteiger charge is 2.35. The Balaban J connectivity index is 2.37. The smallest absolute Gasteiger partial charge is 0.140 e. The minimum Gasteiger partial charge on any atom is -0.495 e. The molecule has 0 bridgehead atoms. The molecule has 2 aliphatic rings. The molecule has 70 valence electrons. The second-order valence-electron chi connectivity index (χ2n) is 3.16. The van der Waals surface area contributed by atoms with E-state index in [1.54, 1.807) is 7.11 Å². The van der Waals surface area contributed by atoms with Crippen LogP contribution < -0.4 is 0 Å². The molecule has 1 aliphatic carbocycles. The summed E-state index contributed by atoms with van der Waals surface area (Å²) in [6.07, 6.45) is 6.25. The molecule has 1 fully saturated rings. The van der Waals surface area contributed by atoms with Crippen molar-refractivity contribution in [2.45, 2.75) is 19.1 Å². The van der Waals surface area contributed by atoms with Crippen molar-refractivity contribution in [3.05, 3.63) is 34.6 Å². The lowest BCUT2D eigenvalue weighted by Gasteiger charge is -2.08. The van der Waals surface area contributed by atoms with E-state index in [0.717, 1.165) is 11.3 Å². The number of rotatable bonds is 1. The molecule has 2 atom stereocenters. The Kier molecular flexibility index (Phi) is 2.18. The van der Waals surface area contributed by atoms with Gasteiger partial charge in [0.1, 0.15) is 18.0 Å². The maximum atomic E-state index is 6.01. The summed E-state index contributed by atoms with van der Waals surface area (Å²) in [6, 6.07) is 0. The lowest BCUT2D eigenvalue weighted by atomic mass is 10.1. The summed E-state index contributed by atoms with van der Waals surface area (Å²) in [7, 11) is 1.62. The fourth-order valence-corrected chi connectivity index (χ4v) is 1.75. The van der Waals surface area contributed by atoms with Gasteiger partial charge >= 0.3 is 0 Å². The zero-order valence-corrected chi connectivity index (χ0v) is 8.34. The second kappa shape index (κ2) is 3.20. The minimum atomic E-state index is 0.210. The second-order valence-corrected chi connectivity index (χ2v) is 3.56. The number of methoxy groups -OCH3 is 1. The third kappa shape index (κ3) is 1.64. The predicted molar refractivity (Wildman–Crippen MR) is 51.4 cm³/mol. The normalized spacial score (nSPS) is 31.8. The number of hydrogen-bond donors (Lipinski definition) is 0. The summed E-state index contributed by atoms with van der Waals surface area (Å²) in [6.45, 7) is 1.97. The summed E-state index contributed by atoms with van der Waals surface area (Å²) >= 11 is 6.01. The van der Waals surface area contributed by atoms with Crippen molar-refractivity contribution in [3.8, 4) is 0 Å². The molecule has 0 amide bonds. The van der Waals surface area contributed by atoms with Crippen LogP contribution in [0.3, 0.4) is 0 Å². The molecule has 0 N–H and O–H groups in total. The summed E-state index contributed by atoms with van der Waals surface area (Å²) in [5, 5.41) is 0.630. The first-order chi connectivity index (χ1) is 6.22. The van der Waals surface area contributed by atoms with Gasteiger partial charge in [-0.3, -0.25) is 0 Å². The van der Waals surface area contributed by atoms with E-state index in [9.17, 15) is 0 Å². The predicted octanol–water partition coefficient (Wildman–Crippen LogP) is 2.37. The van der Waals surface area contributed by atoms with Gasteiger partial charge in [0.05, 0.1) is 12.1 Å². The molecule has 2 nitrogen and oxygen atoms in total. The van der Waals surface area contributed by atoms with E-state index < -0.39 is 0 Å². The maximum absolute atomic E-state index is 6.01. The van der Waals surface area contributed by atoms with E-state index in [2.05, 4.69) is 0 Å². The third-order valence-corrected chi connectivity index (χ3v) is 2.48. The SMILES string of the molecule is COC1=C(Cl)C=CC2OC2C=C1C. The van der Waals surface area contributed by atoms with E-state index in [4.69, 9.17) is 21.1 Å². The summed E-state index contributed by atoms with van der Waals surface area (Å²) in [4.78, 5) is 0. The Hall–Kier alpha value is -0.730. The minimum absolute atomic E-state index is 0.210. The first kappa shape index (κ1) is 8.85. The van der Waals surface area contributed by atoms with Crippen LogP contribution in [0.25, 0.3) is 0 Å². The Morgan fingerprint density at radius 3 is 2.92 bits per heavy atom. The van der Waals surface area contributed by atoms with Gasteiger partial charge < -0.3 is 9.47 Å². The van der Waals surface area contributed by atoms with Crippen molar-refractivity contribution in [1.82, 2.24) is 0 Å². The van der Waals surface area contributed by atoms with E-state index in [1.165, 1.54) is 0 Å². The topological polar surface area (TPSA) is 21.8 Å². The van der Waals surface area contributed by atoms with Gasteiger partial charge in [-0.25, -0.2) is 0 Å². The monoisotopic (exact) mass is 198 g/mol. The van der Waals surface area contributed by atoms with Crippen LogP contribution in [-0.2, 0) is 9.47 Å². The Morgan fingerprint density at radius 2 is 2.23 bits per heavy atom. The molecule has 0 saturated carbocycles. The van der Waals surface area contributed by atoms with Crippen molar-refractivity contribution in [1.29, 1.82) is 0 Å². The van der Waals surface area contributed by atoms with Crippen LogP contribution in [-0.4, -0.2) is 19.3 Å². The molecule has 0 radical (unpaired) electrons. The van der Waals surface area contributed by atoms with Crippen LogP contribution >= 0.6 is 11.6 Å². The molecule has 2 rings (SSSR count). The number of hydrogen-bond acceptors (Lipinski definition) is 2. The van der Waals surface area contributed by atoms with Crippen LogP contribution in [0.4, 0.5) is 0 Å². The summed E-state index contributed by atoms with van der Waals surface area (Å²) < 4.78 is 10.5. The van der Waals surface area contributed by atoms with Crippen molar-refractivity contribution in [2.24, 2.45) is 0 Å². The van der Waals surface area contributed by atoms with Gasteiger partial charge in [0.15, 0.2) is 0 Å². The molecule has 0 aromatic rings. The molecule has 1 saturated heterocycles. The standard InChI is InChI=1S/C10H11ClO2/c1-6-5-9-8(13-9)4-3-7(11)10(6)12-2/h3-5,8-9H,1-2H3. The maximum Gasteiger partial charge on any atom is 0.140 e. The van der Waals surface area contributed by atoms with Gasteiger partial charge in [0, 0.05) is 0 Å². The zero-order valence-electron chi connectivity index (χ0n) is 7.58. The van der Waals surface area contributed by atoms with Crippen LogP contribution in [0, 0.1) is 0 Å². The van der Waals surface area contributed by atoms with Crippen molar-refractivity contribution < 1.29 is 9.47 Å². The average molecular weight is 199 g/mol.